The van der Waals surface area contributed by atoms with E-state index in [2.05, 4.69) is 52.1 Å². The molecule has 1 aromatic carbocycles. The Bertz CT molecular complexity index is 1160. The third kappa shape index (κ3) is 105. The van der Waals surface area contributed by atoms with Crippen molar-refractivity contribution in [3.63, 3.8) is 0 Å². The molecule has 448 valence electrons. The summed E-state index contributed by atoms with van der Waals surface area (Å²) in [5, 5.41) is 83.3. The molecule has 75 heavy (non-hydrogen) atoms. The molecule has 16 heteroatoms. The van der Waals surface area contributed by atoms with E-state index < -0.39 is 0 Å². The van der Waals surface area contributed by atoms with E-state index in [1.54, 1.807) is 34.7 Å². The van der Waals surface area contributed by atoms with Gasteiger partial charge >= 0.3 is 0 Å². The zero-order valence-electron chi connectivity index (χ0n) is 48.9. The van der Waals surface area contributed by atoms with Gasteiger partial charge in [-0.15, -0.1) is 18.9 Å². The lowest BCUT2D eigenvalue weighted by Crippen LogP contribution is -2.23. The van der Waals surface area contributed by atoms with Crippen LogP contribution in [0.25, 0.3) is 0 Å². The van der Waals surface area contributed by atoms with Crippen molar-refractivity contribution in [2.75, 3.05) is 85.0 Å². The molecular weight excluding hydrogens is 995 g/mol. The Balaban J connectivity index is -0.000000111. The summed E-state index contributed by atoms with van der Waals surface area (Å²) in [6.45, 7) is 26.0. The first-order valence-corrected chi connectivity index (χ1v) is 30.1. The number of ether oxygens (including phenoxy) is 3. The van der Waals surface area contributed by atoms with Gasteiger partial charge in [-0.3, -0.25) is 0 Å². The largest absolute Gasteiger partial charge is 0.397 e. The summed E-state index contributed by atoms with van der Waals surface area (Å²) in [6.07, 6.45) is 28.6. The second kappa shape index (κ2) is 94.3. The van der Waals surface area contributed by atoms with E-state index >= 15 is 0 Å². The number of allylic oxidation sites excluding steroid dienone is 1. The maximum atomic E-state index is 8.91. The lowest BCUT2D eigenvalue weighted by molar-refractivity contribution is -0.166. The first-order valence-electron chi connectivity index (χ1n) is 27.7. The summed E-state index contributed by atoms with van der Waals surface area (Å²) >= 11 is 0. The second-order valence-corrected chi connectivity index (χ2v) is 18.1. The lowest BCUT2D eigenvalue weighted by atomic mass is 9.98. The molecule has 1 unspecified atom stereocenters. The number of nitrogens with zero attached hydrogens (tertiary/aromatic N) is 1. The molecule has 0 bridgehead atoms. The second-order valence-electron chi connectivity index (χ2n) is 15.7. The monoisotopic (exact) mass is 1110 g/mol. The number of pyridine rings is 1. The summed E-state index contributed by atoms with van der Waals surface area (Å²) in [5.74, 6) is 3.18. The molecule has 1 aromatic heterocycles. The highest BCUT2D eigenvalue weighted by Gasteiger charge is 2.12. The summed E-state index contributed by atoms with van der Waals surface area (Å²) in [7, 11) is 3.20. The van der Waals surface area contributed by atoms with Gasteiger partial charge in [-0.05, 0) is 118 Å². The number of hydrogen-bond acceptors (Lipinski definition) is 16. The molecule has 14 nitrogen and oxygen atoms in total. The molecule has 1 atom stereocenters. The number of hydrogen-bond donors (Lipinski definition) is 10. The standard InChI is InChI=1S/C9H12O.C7H9NOS2.C7H14O3.C6H12O.C5H12O2.3C4H10O.C4H8.C4H6.C3H8O.C2H6O/c1-2-8-3-5-9(7-10)6-4-8;9-5-6-10-11-7-3-1-2-4-8-7;8-4-6-10-7-3-1-2-5-9-7;7-6-4-2-1-3-5-6;1-2-4-7-5-3-6;3*1-2-3-4-5;2*1-3-4-2;1-2-3-4;1-2-3/h3-6,10H,2,7H2,1H3;1-4,9H,5-6H2;7-8H,1-6H2;6-7H,1-5H2;6H,2-5H2,1H3;3*5H,2-4H2,1H3;3H,1,4H2,2H3;1H,4H2,2H3;4H,2-3H2,1H3;3H,2H2,1H3. The smallest absolute Gasteiger partial charge is 0.157 e. The van der Waals surface area contributed by atoms with Crippen LogP contribution in [0.1, 0.15) is 189 Å². The van der Waals surface area contributed by atoms with E-state index in [9.17, 15) is 0 Å². The minimum Gasteiger partial charge on any atom is -0.397 e. The molecule has 0 radical (unpaired) electrons. The fourth-order valence-electron chi connectivity index (χ4n) is 4.31. The Morgan fingerprint density at radius 1 is 0.640 bits per heavy atom. The minimum absolute atomic E-state index is 0.0359. The fraction of sp³-hybridized carbons (Fsp3) is 0.746. The minimum atomic E-state index is -0.0547. The molecule has 0 amide bonds. The van der Waals surface area contributed by atoms with Gasteiger partial charge in [0.05, 0.1) is 45.7 Å². The molecule has 2 aliphatic rings. The summed E-state index contributed by atoms with van der Waals surface area (Å²) < 4.78 is 15.3. The van der Waals surface area contributed by atoms with E-state index in [-0.39, 0.29) is 45.4 Å². The number of aryl methyl sites for hydroxylation is 1. The normalized spacial score (nSPS) is 12.5. The number of unbranched alkanes of at least 4 members (excludes halogenated alkanes) is 3. The SMILES string of the molecule is C#CCC.C=CCC.CCCCO.CCCCO.CCCCO.CCCO.CCCOCCO.CCO.CCc1ccc(CO)cc1.OC1CCCCC1.OCCOC1CCCCO1.OCCSSc1ccccn1. The Morgan fingerprint density at radius 3 is 1.43 bits per heavy atom. The van der Waals surface area contributed by atoms with Crippen molar-refractivity contribution >= 4 is 21.6 Å². The van der Waals surface area contributed by atoms with Gasteiger partial charge in [0, 0.05) is 64.6 Å². The number of aliphatic hydroxyl groups excluding tert-OH is 10. The van der Waals surface area contributed by atoms with E-state index in [1.165, 1.54) is 31.2 Å². The van der Waals surface area contributed by atoms with Crippen LogP contribution in [0.4, 0.5) is 0 Å². The van der Waals surface area contributed by atoms with Gasteiger partial charge in [0.1, 0.15) is 5.03 Å². The Labute approximate surface area is 468 Å². The van der Waals surface area contributed by atoms with E-state index in [0.717, 1.165) is 126 Å². The first kappa shape index (κ1) is 89.4. The number of aliphatic hydroxyl groups is 10. The molecule has 2 fully saturated rings. The number of rotatable bonds is 21. The number of aromatic nitrogens is 1. The van der Waals surface area contributed by atoms with Crippen molar-refractivity contribution in [3.05, 3.63) is 72.4 Å². The van der Waals surface area contributed by atoms with Gasteiger partial charge in [0.2, 0.25) is 0 Å². The zero-order valence-corrected chi connectivity index (χ0v) is 50.6. The van der Waals surface area contributed by atoms with Gasteiger partial charge in [0.25, 0.3) is 0 Å². The van der Waals surface area contributed by atoms with Gasteiger partial charge in [-0.25, -0.2) is 4.98 Å². The van der Waals surface area contributed by atoms with E-state index in [4.69, 9.17) is 71.7 Å². The van der Waals surface area contributed by atoms with Gasteiger partial charge < -0.3 is 65.3 Å². The summed E-state index contributed by atoms with van der Waals surface area (Å²) in [4.78, 5) is 4.11. The summed E-state index contributed by atoms with van der Waals surface area (Å²) in [6, 6.07) is 13.8. The third-order valence-electron chi connectivity index (χ3n) is 8.51. The van der Waals surface area contributed by atoms with Gasteiger partial charge in [-0.2, -0.15) is 0 Å². The van der Waals surface area contributed by atoms with Crippen molar-refractivity contribution in [3.8, 4) is 12.3 Å². The van der Waals surface area contributed by atoms with Crippen LogP contribution in [0.3, 0.4) is 0 Å². The Hall–Kier alpha value is -2.15. The van der Waals surface area contributed by atoms with E-state index in [1.807, 2.05) is 69.3 Å². The average molecular weight is 1110 g/mol. The molecular formula is C59H117NO13S2. The van der Waals surface area contributed by atoms with Crippen LogP contribution in [0.5, 0.6) is 0 Å². The highest BCUT2D eigenvalue weighted by molar-refractivity contribution is 8.76. The molecule has 2 aromatic rings. The van der Waals surface area contributed by atoms with Gasteiger partial charge in [-0.1, -0.05) is 141 Å². The molecule has 10 N–H and O–H groups in total. The van der Waals surface area contributed by atoms with Crippen molar-refractivity contribution in [1.82, 2.24) is 4.98 Å². The molecule has 4 rings (SSSR count). The molecule has 2 heterocycles. The van der Waals surface area contributed by atoms with Crippen LogP contribution in [0.2, 0.25) is 0 Å². The zero-order chi connectivity index (χ0) is 58.5. The van der Waals surface area contributed by atoms with Crippen LogP contribution in [0, 0.1) is 12.3 Å². The van der Waals surface area contributed by atoms with E-state index in [0.29, 0.717) is 39.6 Å². The average Bonchev–Trinajstić information content (AvgIpc) is 3.46. The molecule has 1 saturated carbocycles. The van der Waals surface area contributed by atoms with Crippen molar-refractivity contribution < 1.29 is 65.3 Å². The van der Waals surface area contributed by atoms with Gasteiger partial charge in [0.15, 0.2) is 6.29 Å². The predicted octanol–water partition coefficient (Wildman–Crippen LogP) is 11.1. The molecule has 1 aliphatic heterocycles. The Kier molecular flexibility index (Phi) is 112. The number of terminal acetylenes is 1. The van der Waals surface area contributed by atoms with Crippen molar-refractivity contribution in [2.45, 2.75) is 208 Å². The van der Waals surface area contributed by atoms with Crippen molar-refractivity contribution in [1.29, 1.82) is 0 Å². The third-order valence-corrected chi connectivity index (χ3v) is 10.8. The molecule has 1 saturated heterocycles. The lowest BCUT2D eigenvalue weighted by Gasteiger charge is -2.22. The first-order chi connectivity index (χ1) is 36.4. The molecule has 1 aliphatic carbocycles. The van der Waals surface area contributed by atoms with Crippen LogP contribution in [0.15, 0.2) is 66.3 Å². The summed E-state index contributed by atoms with van der Waals surface area (Å²) in [5.41, 5.74) is 2.30. The quantitative estimate of drug-likeness (QED) is 0.0242. The fourth-order valence-corrected chi connectivity index (χ4v) is 5.96. The predicted molar refractivity (Wildman–Crippen MR) is 321 cm³/mol. The van der Waals surface area contributed by atoms with Crippen LogP contribution in [-0.2, 0) is 27.2 Å². The van der Waals surface area contributed by atoms with Crippen LogP contribution >= 0.6 is 21.6 Å². The van der Waals surface area contributed by atoms with Crippen LogP contribution < -0.4 is 0 Å². The number of benzene rings is 1. The topological polar surface area (TPSA) is 243 Å². The molecule has 0 spiro atoms. The maximum absolute atomic E-state index is 8.91. The van der Waals surface area contributed by atoms with Crippen LogP contribution in [-0.4, -0.2) is 153 Å². The van der Waals surface area contributed by atoms with Crippen molar-refractivity contribution in [2.24, 2.45) is 0 Å². The highest BCUT2D eigenvalue weighted by atomic mass is 33.1. The Morgan fingerprint density at radius 2 is 1.13 bits per heavy atom. The maximum Gasteiger partial charge on any atom is 0.157 e. The highest BCUT2D eigenvalue weighted by Crippen LogP contribution is 2.28.